The van der Waals surface area contributed by atoms with Gasteiger partial charge in [0, 0.05) is 5.69 Å². The van der Waals surface area contributed by atoms with Gasteiger partial charge in [-0.2, -0.15) is 0 Å². The maximum atomic E-state index is 12.5. The molecule has 0 saturated carbocycles. The number of carbonyl (C=O) groups excluding carboxylic acids is 3. The number of amides is 1. The Morgan fingerprint density at radius 3 is 2.24 bits per heavy atom. The van der Waals surface area contributed by atoms with Crippen LogP contribution >= 0.6 is 0 Å². The van der Waals surface area contributed by atoms with E-state index in [2.05, 4.69) is 19.8 Å². The number of aromatic nitrogens is 2. The molecule has 9 nitrogen and oxygen atoms in total. The van der Waals surface area contributed by atoms with Gasteiger partial charge in [0.05, 0.1) is 42.6 Å². The normalized spacial score (nSPS) is 10.4. The molecule has 0 atom stereocenters. The molecule has 1 N–H and O–H groups in total. The first-order chi connectivity index (χ1) is 13.9. The molecule has 0 aliphatic heterocycles. The Morgan fingerprint density at radius 2 is 1.62 bits per heavy atom. The largest absolute Gasteiger partial charge is 0.465 e. The molecule has 0 aliphatic carbocycles. The molecule has 0 aliphatic rings. The van der Waals surface area contributed by atoms with Crippen molar-refractivity contribution in [3.63, 3.8) is 0 Å². The number of nitrogens with zero attached hydrogens (tertiary/aromatic N) is 2. The number of esters is 2. The molecule has 3 rings (SSSR count). The maximum Gasteiger partial charge on any atom is 0.337 e. The third-order valence-corrected chi connectivity index (χ3v) is 4.10. The molecule has 148 valence electrons. The third-order valence-electron chi connectivity index (χ3n) is 4.10. The van der Waals surface area contributed by atoms with Crippen molar-refractivity contribution in [1.29, 1.82) is 0 Å². The van der Waals surface area contributed by atoms with E-state index >= 15 is 0 Å². The van der Waals surface area contributed by atoms with Gasteiger partial charge in [-0.1, -0.05) is 12.1 Å². The van der Waals surface area contributed by atoms with Crippen LogP contribution < -0.4 is 10.9 Å². The summed E-state index contributed by atoms with van der Waals surface area (Å²) in [6, 6.07) is 10.8. The molecule has 0 unspecified atom stereocenters. The number of hydrogen-bond donors (Lipinski definition) is 1. The summed E-state index contributed by atoms with van der Waals surface area (Å²) in [5, 5.41) is 2.95. The van der Waals surface area contributed by atoms with Crippen molar-refractivity contribution >= 4 is 34.4 Å². The van der Waals surface area contributed by atoms with E-state index < -0.39 is 17.8 Å². The zero-order valence-electron chi connectivity index (χ0n) is 15.7. The summed E-state index contributed by atoms with van der Waals surface area (Å²) in [7, 11) is 2.40. The van der Waals surface area contributed by atoms with Crippen molar-refractivity contribution in [3.05, 3.63) is 70.3 Å². The van der Waals surface area contributed by atoms with Gasteiger partial charge in [-0.05, 0) is 30.3 Å². The summed E-state index contributed by atoms with van der Waals surface area (Å²) >= 11 is 0. The molecule has 0 saturated heterocycles. The standard InChI is InChI=1S/C20H17N3O6/c1-28-19(26)12-7-13(20(27)29-2)9-14(8-12)22-17(24)10-23-11-21-16-6-4-3-5-15(16)18(23)25/h3-9,11H,10H2,1-2H3,(H,22,24). The van der Waals surface area contributed by atoms with Crippen LogP contribution in [-0.2, 0) is 20.8 Å². The van der Waals surface area contributed by atoms with Gasteiger partial charge in [0.1, 0.15) is 6.54 Å². The zero-order chi connectivity index (χ0) is 21.0. The van der Waals surface area contributed by atoms with E-state index in [1.807, 2.05) is 0 Å². The lowest BCUT2D eigenvalue weighted by molar-refractivity contribution is -0.116. The second-order valence-electron chi connectivity index (χ2n) is 6.03. The van der Waals surface area contributed by atoms with E-state index in [-0.39, 0.29) is 28.9 Å². The molecule has 0 fully saturated rings. The predicted octanol–water partition coefficient (Wildman–Crippen LogP) is 1.61. The Morgan fingerprint density at radius 1 is 1.00 bits per heavy atom. The second kappa shape index (κ2) is 8.34. The van der Waals surface area contributed by atoms with Crippen molar-refractivity contribution < 1.29 is 23.9 Å². The number of rotatable bonds is 5. The number of carbonyl (C=O) groups is 3. The van der Waals surface area contributed by atoms with Gasteiger partial charge in [0.15, 0.2) is 0 Å². The minimum Gasteiger partial charge on any atom is -0.465 e. The van der Waals surface area contributed by atoms with Gasteiger partial charge < -0.3 is 14.8 Å². The zero-order valence-corrected chi connectivity index (χ0v) is 15.7. The minimum absolute atomic E-state index is 0.0650. The monoisotopic (exact) mass is 395 g/mol. The van der Waals surface area contributed by atoms with Crippen LogP contribution in [0.25, 0.3) is 10.9 Å². The fourth-order valence-electron chi connectivity index (χ4n) is 2.75. The molecule has 2 aromatic carbocycles. The lowest BCUT2D eigenvalue weighted by Crippen LogP contribution is -2.28. The summed E-state index contributed by atoms with van der Waals surface area (Å²) in [6.45, 7) is -0.299. The number of nitrogens with one attached hydrogen (secondary N) is 1. The van der Waals surface area contributed by atoms with E-state index in [1.54, 1.807) is 24.3 Å². The van der Waals surface area contributed by atoms with Crippen LogP contribution in [0.1, 0.15) is 20.7 Å². The number of fused-ring (bicyclic) bond motifs is 1. The molecule has 1 amide bonds. The topological polar surface area (TPSA) is 117 Å². The first-order valence-corrected chi connectivity index (χ1v) is 8.48. The summed E-state index contributed by atoms with van der Waals surface area (Å²) in [5.41, 5.74) is 0.484. The van der Waals surface area contributed by atoms with Crippen molar-refractivity contribution in [1.82, 2.24) is 9.55 Å². The molecule has 3 aromatic rings. The fourth-order valence-corrected chi connectivity index (χ4v) is 2.75. The van der Waals surface area contributed by atoms with E-state index in [0.717, 1.165) is 0 Å². The van der Waals surface area contributed by atoms with Crippen molar-refractivity contribution in [2.75, 3.05) is 19.5 Å². The quantitative estimate of drug-likeness (QED) is 0.652. The van der Waals surface area contributed by atoms with Crippen molar-refractivity contribution in [3.8, 4) is 0 Å². The highest BCUT2D eigenvalue weighted by molar-refractivity contribution is 5.99. The number of anilines is 1. The molecule has 29 heavy (non-hydrogen) atoms. The molecule has 0 radical (unpaired) electrons. The fraction of sp³-hybridized carbons (Fsp3) is 0.150. The number of methoxy groups -OCH3 is 2. The number of benzene rings is 2. The van der Waals surface area contributed by atoms with E-state index in [4.69, 9.17) is 0 Å². The highest BCUT2D eigenvalue weighted by atomic mass is 16.5. The molecule has 0 spiro atoms. The van der Waals surface area contributed by atoms with Gasteiger partial charge in [0.25, 0.3) is 5.56 Å². The van der Waals surface area contributed by atoms with Crippen molar-refractivity contribution in [2.45, 2.75) is 6.54 Å². The van der Waals surface area contributed by atoms with Crippen LogP contribution in [0.15, 0.2) is 53.6 Å². The average Bonchev–Trinajstić information content (AvgIpc) is 2.74. The Hall–Kier alpha value is -4.01. The molecular formula is C20H17N3O6. The summed E-state index contributed by atoms with van der Waals surface area (Å²) in [6.07, 6.45) is 1.29. The number of para-hydroxylation sites is 1. The first kappa shape index (κ1) is 19.7. The Labute approximate surface area is 164 Å². The minimum atomic E-state index is -0.679. The van der Waals surface area contributed by atoms with E-state index in [0.29, 0.717) is 10.9 Å². The van der Waals surface area contributed by atoms with E-state index in [1.165, 1.54) is 43.3 Å². The summed E-state index contributed by atoms with van der Waals surface area (Å²) in [4.78, 5) is 52.8. The van der Waals surface area contributed by atoms with Crippen molar-refractivity contribution in [2.24, 2.45) is 0 Å². The first-order valence-electron chi connectivity index (χ1n) is 8.48. The van der Waals surface area contributed by atoms with E-state index in [9.17, 15) is 19.2 Å². The number of hydrogen-bond acceptors (Lipinski definition) is 7. The van der Waals surface area contributed by atoms with Crippen LogP contribution in [0.3, 0.4) is 0 Å². The maximum absolute atomic E-state index is 12.5. The lowest BCUT2D eigenvalue weighted by atomic mass is 10.1. The highest BCUT2D eigenvalue weighted by Gasteiger charge is 2.15. The molecule has 1 heterocycles. The molecular weight excluding hydrogens is 378 g/mol. The van der Waals surface area contributed by atoms with Gasteiger partial charge in [-0.3, -0.25) is 14.2 Å². The van der Waals surface area contributed by atoms with Crippen LogP contribution in [0.4, 0.5) is 5.69 Å². The summed E-state index contributed by atoms with van der Waals surface area (Å²) < 4.78 is 10.5. The second-order valence-corrected chi connectivity index (χ2v) is 6.03. The Balaban J connectivity index is 1.87. The van der Waals surface area contributed by atoms with Gasteiger partial charge in [0.2, 0.25) is 5.91 Å². The Bertz CT molecular complexity index is 1130. The number of ether oxygens (including phenoxy) is 2. The van der Waals surface area contributed by atoms with Gasteiger partial charge >= 0.3 is 11.9 Å². The van der Waals surface area contributed by atoms with Crippen LogP contribution in [0, 0.1) is 0 Å². The van der Waals surface area contributed by atoms with Crippen LogP contribution in [0.5, 0.6) is 0 Å². The molecule has 9 heteroatoms. The lowest BCUT2D eigenvalue weighted by Gasteiger charge is -2.10. The Kier molecular flexibility index (Phi) is 5.68. The van der Waals surface area contributed by atoms with Gasteiger partial charge in [-0.25, -0.2) is 14.6 Å². The predicted molar refractivity (Wildman–Crippen MR) is 104 cm³/mol. The average molecular weight is 395 g/mol. The molecule has 0 bridgehead atoms. The van der Waals surface area contributed by atoms with Gasteiger partial charge in [-0.15, -0.1) is 0 Å². The highest BCUT2D eigenvalue weighted by Crippen LogP contribution is 2.17. The SMILES string of the molecule is COC(=O)c1cc(NC(=O)Cn2cnc3ccccc3c2=O)cc(C(=O)OC)c1. The van der Waals surface area contributed by atoms with Crippen LogP contribution in [-0.4, -0.2) is 41.6 Å². The van der Waals surface area contributed by atoms with Crippen LogP contribution in [0.2, 0.25) is 0 Å². The smallest absolute Gasteiger partial charge is 0.337 e. The summed E-state index contributed by atoms with van der Waals surface area (Å²) in [5.74, 6) is -1.90. The third kappa shape index (κ3) is 4.29. The molecule has 1 aromatic heterocycles.